The Hall–Kier alpha value is -1.81. The van der Waals surface area contributed by atoms with Crippen LogP contribution in [0.2, 0.25) is 0 Å². The van der Waals surface area contributed by atoms with Crippen LogP contribution in [-0.2, 0) is 0 Å². The van der Waals surface area contributed by atoms with Crippen molar-refractivity contribution in [2.24, 2.45) is 5.73 Å². The average Bonchev–Trinajstić information content (AvgIpc) is 2.73. The first-order valence-corrected chi connectivity index (χ1v) is 5.24. The van der Waals surface area contributed by atoms with Crippen LogP contribution in [0.1, 0.15) is 5.82 Å². The van der Waals surface area contributed by atoms with E-state index < -0.39 is 0 Å². The summed E-state index contributed by atoms with van der Waals surface area (Å²) in [5, 5.41) is 0. The summed E-state index contributed by atoms with van der Waals surface area (Å²) in [6, 6.07) is 7.88. The topological polar surface area (TPSA) is 53.1 Å². The second-order valence-corrected chi connectivity index (χ2v) is 3.48. The van der Waals surface area contributed by atoms with Crippen molar-refractivity contribution < 1.29 is 4.74 Å². The highest BCUT2D eigenvalue weighted by molar-refractivity contribution is 5.40. The van der Waals surface area contributed by atoms with Gasteiger partial charge >= 0.3 is 0 Å². The van der Waals surface area contributed by atoms with E-state index >= 15 is 0 Å². The molecule has 84 valence electrons. The molecule has 2 N–H and O–H groups in total. The van der Waals surface area contributed by atoms with Gasteiger partial charge in [0.15, 0.2) is 0 Å². The summed E-state index contributed by atoms with van der Waals surface area (Å²) in [5.41, 5.74) is 6.44. The lowest BCUT2D eigenvalue weighted by Crippen LogP contribution is -2.10. The first kappa shape index (κ1) is 10.7. The van der Waals surface area contributed by atoms with Gasteiger partial charge in [-0.2, -0.15) is 0 Å². The van der Waals surface area contributed by atoms with Crippen LogP contribution < -0.4 is 10.5 Å². The summed E-state index contributed by atoms with van der Waals surface area (Å²) in [6.45, 7) is 3.02. The Bertz CT molecular complexity index is 465. The first-order valence-electron chi connectivity index (χ1n) is 5.24. The molecule has 0 atom stereocenters. The van der Waals surface area contributed by atoms with Gasteiger partial charge in [-0.1, -0.05) is 6.07 Å². The van der Waals surface area contributed by atoms with Gasteiger partial charge < -0.3 is 15.0 Å². The van der Waals surface area contributed by atoms with Crippen LogP contribution in [0.4, 0.5) is 0 Å². The highest BCUT2D eigenvalue weighted by atomic mass is 16.5. The van der Waals surface area contributed by atoms with E-state index in [0.29, 0.717) is 13.2 Å². The minimum Gasteiger partial charge on any atom is -0.492 e. The number of ether oxygens (including phenoxy) is 1. The monoisotopic (exact) mass is 217 g/mol. The van der Waals surface area contributed by atoms with E-state index in [-0.39, 0.29) is 0 Å². The third-order valence-electron chi connectivity index (χ3n) is 2.31. The second kappa shape index (κ2) is 4.81. The molecule has 1 heterocycles. The summed E-state index contributed by atoms with van der Waals surface area (Å²) in [5.74, 6) is 1.78. The molecule has 0 unspecified atom stereocenters. The van der Waals surface area contributed by atoms with Crippen LogP contribution in [-0.4, -0.2) is 22.7 Å². The Kier molecular flexibility index (Phi) is 3.22. The van der Waals surface area contributed by atoms with E-state index in [0.717, 1.165) is 17.3 Å². The molecule has 0 amide bonds. The molecule has 1 aromatic carbocycles. The highest BCUT2D eigenvalue weighted by Gasteiger charge is 2.01. The molecule has 0 saturated heterocycles. The summed E-state index contributed by atoms with van der Waals surface area (Å²) in [7, 11) is 0. The third kappa shape index (κ3) is 2.23. The molecular weight excluding hydrogens is 202 g/mol. The minimum atomic E-state index is 0.522. The standard InChI is InChI=1S/C12H15N3O/c1-10-14-6-7-15(10)11-3-2-4-12(9-11)16-8-5-13/h2-4,6-7,9H,5,8,13H2,1H3. The lowest BCUT2D eigenvalue weighted by molar-refractivity contribution is 0.328. The molecule has 2 rings (SSSR count). The zero-order valence-electron chi connectivity index (χ0n) is 9.26. The van der Waals surface area contributed by atoms with Gasteiger partial charge in [0.2, 0.25) is 0 Å². The highest BCUT2D eigenvalue weighted by Crippen LogP contribution is 2.17. The quantitative estimate of drug-likeness (QED) is 0.844. The molecule has 0 bridgehead atoms. The van der Waals surface area contributed by atoms with Gasteiger partial charge in [-0.25, -0.2) is 4.98 Å². The van der Waals surface area contributed by atoms with E-state index in [9.17, 15) is 0 Å². The zero-order chi connectivity index (χ0) is 11.4. The van der Waals surface area contributed by atoms with Crippen LogP contribution in [0.25, 0.3) is 5.69 Å². The normalized spacial score (nSPS) is 10.4. The Morgan fingerprint density at radius 3 is 3.00 bits per heavy atom. The molecule has 2 aromatic rings. The summed E-state index contributed by atoms with van der Waals surface area (Å²) in [4.78, 5) is 4.19. The van der Waals surface area contributed by atoms with Gasteiger partial charge in [0.1, 0.15) is 18.2 Å². The Morgan fingerprint density at radius 1 is 1.44 bits per heavy atom. The lowest BCUT2D eigenvalue weighted by Gasteiger charge is -2.08. The Labute approximate surface area is 94.7 Å². The van der Waals surface area contributed by atoms with Crippen LogP contribution in [0.3, 0.4) is 0 Å². The van der Waals surface area contributed by atoms with Gasteiger partial charge in [-0.15, -0.1) is 0 Å². The molecular formula is C12H15N3O. The van der Waals surface area contributed by atoms with Crippen LogP contribution in [0, 0.1) is 6.92 Å². The number of aromatic nitrogens is 2. The molecule has 0 fully saturated rings. The zero-order valence-corrected chi connectivity index (χ0v) is 9.26. The minimum absolute atomic E-state index is 0.522. The van der Waals surface area contributed by atoms with Crippen molar-refractivity contribution in [3.8, 4) is 11.4 Å². The maximum Gasteiger partial charge on any atom is 0.121 e. The van der Waals surface area contributed by atoms with Crippen LogP contribution in [0.5, 0.6) is 5.75 Å². The Balaban J connectivity index is 2.26. The SMILES string of the molecule is Cc1nccn1-c1cccc(OCCN)c1. The number of rotatable bonds is 4. The molecule has 0 aliphatic carbocycles. The molecule has 0 aliphatic heterocycles. The van der Waals surface area contributed by atoms with E-state index in [2.05, 4.69) is 4.98 Å². The Morgan fingerprint density at radius 2 is 2.31 bits per heavy atom. The van der Waals surface area contributed by atoms with Crippen LogP contribution in [0.15, 0.2) is 36.7 Å². The van der Waals surface area contributed by atoms with Gasteiger partial charge in [-0.05, 0) is 19.1 Å². The fourth-order valence-corrected chi connectivity index (χ4v) is 1.55. The van der Waals surface area contributed by atoms with Gasteiger partial charge in [0, 0.05) is 25.0 Å². The molecule has 16 heavy (non-hydrogen) atoms. The van der Waals surface area contributed by atoms with Crippen molar-refractivity contribution in [3.05, 3.63) is 42.5 Å². The summed E-state index contributed by atoms with van der Waals surface area (Å²) >= 11 is 0. The average molecular weight is 217 g/mol. The van der Waals surface area contributed by atoms with E-state index in [1.165, 1.54) is 0 Å². The summed E-state index contributed by atoms with van der Waals surface area (Å²) in [6.07, 6.45) is 3.71. The molecule has 0 spiro atoms. The maximum absolute atomic E-state index is 5.47. The smallest absolute Gasteiger partial charge is 0.121 e. The number of hydrogen-bond acceptors (Lipinski definition) is 3. The van der Waals surface area contributed by atoms with Gasteiger partial charge in [-0.3, -0.25) is 0 Å². The molecule has 4 heteroatoms. The van der Waals surface area contributed by atoms with Crippen molar-refractivity contribution >= 4 is 0 Å². The van der Waals surface area contributed by atoms with E-state index in [1.807, 2.05) is 42.0 Å². The predicted octanol–water partition coefficient (Wildman–Crippen LogP) is 1.52. The number of nitrogens with two attached hydrogens (primary N) is 1. The van der Waals surface area contributed by atoms with E-state index in [1.54, 1.807) is 6.20 Å². The molecule has 4 nitrogen and oxygen atoms in total. The van der Waals surface area contributed by atoms with Gasteiger partial charge in [0.25, 0.3) is 0 Å². The number of imidazole rings is 1. The lowest BCUT2D eigenvalue weighted by atomic mass is 10.3. The third-order valence-corrected chi connectivity index (χ3v) is 2.31. The second-order valence-electron chi connectivity index (χ2n) is 3.48. The molecule has 1 aromatic heterocycles. The van der Waals surface area contributed by atoms with Crippen molar-refractivity contribution in [1.82, 2.24) is 9.55 Å². The van der Waals surface area contributed by atoms with E-state index in [4.69, 9.17) is 10.5 Å². The number of nitrogens with zero attached hydrogens (tertiary/aromatic N) is 2. The summed E-state index contributed by atoms with van der Waals surface area (Å²) < 4.78 is 7.48. The number of benzene rings is 1. The molecule has 0 radical (unpaired) electrons. The van der Waals surface area contributed by atoms with Crippen molar-refractivity contribution in [2.75, 3.05) is 13.2 Å². The largest absolute Gasteiger partial charge is 0.492 e. The van der Waals surface area contributed by atoms with Crippen LogP contribution >= 0.6 is 0 Å². The fraction of sp³-hybridized carbons (Fsp3) is 0.250. The van der Waals surface area contributed by atoms with Crippen molar-refractivity contribution in [3.63, 3.8) is 0 Å². The number of aryl methyl sites for hydroxylation is 1. The number of hydrogen-bond donors (Lipinski definition) is 1. The van der Waals surface area contributed by atoms with Crippen molar-refractivity contribution in [2.45, 2.75) is 6.92 Å². The molecule has 0 aliphatic rings. The predicted molar refractivity (Wildman–Crippen MR) is 62.9 cm³/mol. The van der Waals surface area contributed by atoms with Crippen molar-refractivity contribution in [1.29, 1.82) is 0 Å². The first-order chi connectivity index (χ1) is 7.81. The maximum atomic E-state index is 5.47. The molecule has 0 saturated carbocycles. The fourth-order valence-electron chi connectivity index (χ4n) is 1.55. The van der Waals surface area contributed by atoms with Gasteiger partial charge in [0.05, 0.1) is 5.69 Å².